The fourth-order valence-corrected chi connectivity index (χ4v) is 4.98. The van der Waals surface area contributed by atoms with Crippen LogP contribution in [0.4, 0.5) is 4.39 Å². The van der Waals surface area contributed by atoms with Crippen LogP contribution in [-0.2, 0) is 4.79 Å². The van der Waals surface area contributed by atoms with Crippen molar-refractivity contribution in [2.45, 2.75) is 0 Å². The Balaban J connectivity index is 1.40. The molecule has 0 unspecified atom stereocenters. The van der Waals surface area contributed by atoms with E-state index < -0.39 is 5.82 Å². The fourth-order valence-electron chi connectivity index (χ4n) is 4.98. The highest BCUT2D eigenvalue weighted by molar-refractivity contribution is 5.99. The number of carbonyl (C=O) groups excluding carboxylic acids is 1. The van der Waals surface area contributed by atoms with Gasteiger partial charge in [-0.2, -0.15) is 0 Å². The van der Waals surface area contributed by atoms with Gasteiger partial charge in [-0.05, 0) is 60.4 Å². The molecule has 1 aromatic carbocycles. The highest BCUT2D eigenvalue weighted by Crippen LogP contribution is 2.34. The molecule has 0 radical (unpaired) electrons. The lowest BCUT2D eigenvalue weighted by molar-refractivity contribution is -0.122. The Morgan fingerprint density at radius 3 is 2.48 bits per heavy atom. The number of fused-ring (bicyclic) bond motifs is 2. The summed E-state index contributed by atoms with van der Waals surface area (Å²) in [6, 6.07) is 4.73. The van der Waals surface area contributed by atoms with Gasteiger partial charge in [-0.1, -0.05) is 18.2 Å². The number of rotatable bonds is 3. The molecule has 5 nitrogen and oxygen atoms in total. The van der Waals surface area contributed by atoms with Crippen molar-refractivity contribution in [2.24, 2.45) is 11.8 Å². The molecule has 0 spiro atoms. The maximum Gasteiger partial charge on any atom is 0.255 e. The van der Waals surface area contributed by atoms with Crippen molar-refractivity contribution in [3.8, 4) is 5.75 Å². The van der Waals surface area contributed by atoms with Crippen LogP contribution in [-0.4, -0.2) is 60.9 Å². The van der Waals surface area contributed by atoms with Gasteiger partial charge >= 0.3 is 0 Å². The number of amides is 1. The van der Waals surface area contributed by atoms with Gasteiger partial charge in [0.25, 0.3) is 5.91 Å². The van der Waals surface area contributed by atoms with Crippen LogP contribution < -0.4 is 4.74 Å². The van der Waals surface area contributed by atoms with Gasteiger partial charge in [0.05, 0.1) is 12.8 Å². The Morgan fingerprint density at radius 1 is 1.03 bits per heavy atom. The molecule has 1 aromatic rings. The Morgan fingerprint density at radius 2 is 1.77 bits per heavy atom. The molecule has 31 heavy (non-hydrogen) atoms. The zero-order valence-corrected chi connectivity index (χ0v) is 17.8. The number of halogens is 1. The molecule has 6 heteroatoms. The minimum absolute atomic E-state index is 0.150. The van der Waals surface area contributed by atoms with Crippen LogP contribution in [0.2, 0.25) is 0 Å². The van der Waals surface area contributed by atoms with Gasteiger partial charge in [0, 0.05) is 44.2 Å². The van der Waals surface area contributed by atoms with E-state index in [1.54, 1.807) is 23.1 Å². The first kappa shape index (κ1) is 19.8. The number of allylic oxidation sites excluding steroid dienone is 6. The predicted octanol–water partition coefficient (Wildman–Crippen LogP) is 3.40. The van der Waals surface area contributed by atoms with E-state index >= 15 is 0 Å². The quantitative estimate of drug-likeness (QED) is 0.753. The number of nitrogens with zero attached hydrogens (tertiary/aromatic N) is 3. The predicted molar refractivity (Wildman–Crippen MR) is 118 cm³/mol. The Hall–Kier alpha value is -3.12. The van der Waals surface area contributed by atoms with E-state index in [4.69, 9.17) is 4.74 Å². The van der Waals surface area contributed by atoms with Crippen molar-refractivity contribution in [3.05, 3.63) is 83.6 Å². The minimum Gasteiger partial charge on any atom is -0.494 e. The fraction of sp³-hybridized carbons (Fsp3) is 0.320. The molecule has 0 aromatic heterocycles. The van der Waals surface area contributed by atoms with Gasteiger partial charge < -0.3 is 14.5 Å². The summed E-state index contributed by atoms with van der Waals surface area (Å²) in [4.78, 5) is 19.6. The standard InChI is InChI=1S/C25H26FN3O2/c1-27-12-19-14-28(15-20(19)13-27)22-8-7-21-5-3-4-17(11-25(30)29(21)16-22)18-6-9-24(31-2)23(26)10-18/h3-11,16,19-20H,12-15H2,1-2H3/b4-3+,17-11+,21-5+/t19-,20+. The lowest BCUT2D eigenvalue weighted by Crippen LogP contribution is -2.31. The van der Waals surface area contributed by atoms with Gasteiger partial charge in [0.2, 0.25) is 0 Å². The molecular weight excluding hydrogens is 393 g/mol. The van der Waals surface area contributed by atoms with E-state index in [9.17, 15) is 9.18 Å². The van der Waals surface area contributed by atoms with Gasteiger partial charge in [0.15, 0.2) is 11.6 Å². The van der Waals surface area contributed by atoms with Crippen molar-refractivity contribution < 1.29 is 13.9 Å². The van der Waals surface area contributed by atoms with Crippen LogP contribution in [0.25, 0.3) is 5.57 Å². The van der Waals surface area contributed by atoms with Crippen molar-refractivity contribution in [2.75, 3.05) is 40.3 Å². The highest BCUT2D eigenvalue weighted by Gasteiger charge is 2.39. The lowest BCUT2D eigenvalue weighted by Gasteiger charge is -2.29. The lowest BCUT2D eigenvalue weighted by atomic mass is 10.0. The van der Waals surface area contributed by atoms with Crippen LogP contribution in [0.3, 0.4) is 0 Å². The topological polar surface area (TPSA) is 36.0 Å². The number of hydrogen-bond acceptors (Lipinski definition) is 4. The molecule has 5 rings (SSSR count). The Labute approximate surface area is 182 Å². The molecule has 2 atom stereocenters. The number of hydrogen-bond donors (Lipinski definition) is 0. The van der Waals surface area contributed by atoms with Crippen molar-refractivity contribution in [1.29, 1.82) is 0 Å². The first-order valence-corrected chi connectivity index (χ1v) is 10.6. The third-order valence-corrected chi connectivity index (χ3v) is 6.54. The molecule has 2 saturated heterocycles. The first-order valence-electron chi connectivity index (χ1n) is 10.6. The Bertz CT molecular complexity index is 1050. The number of benzene rings is 1. The van der Waals surface area contributed by atoms with Gasteiger partial charge in [-0.15, -0.1) is 0 Å². The minimum atomic E-state index is -0.451. The van der Waals surface area contributed by atoms with Crippen LogP contribution in [0.5, 0.6) is 5.75 Å². The second-order valence-electron chi connectivity index (χ2n) is 8.64. The second-order valence-corrected chi connectivity index (χ2v) is 8.64. The van der Waals surface area contributed by atoms with Crippen LogP contribution in [0, 0.1) is 17.7 Å². The number of ether oxygens (including phenoxy) is 1. The monoisotopic (exact) mass is 419 g/mol. The summed E-state index contributed by atoms with van der Waals surface area (Å²) < 4.78 is 19.2. The number of carbonyl (C=O) groups is 1. The summed E-state index contributed by atoms with van der Waals surface area (Å²) in [5, 5.41) is 0. The molecule has 4 aliphatic rings. The third kappa shape index (κ3) is 3.72. The molecule has 0 bridgehead atoms. The van der Waals surface area contributed by atoms with Crippen LogP contribution in [0.1, 0.15) is 5.56 Å². The van der Waals surface area contributed by atoms with Crippen molar-refractivity contribution in [1.82, 2.24) is 14.7 Å². The molecule has 2 fully saturated rings. The summed E-state index contributed by atoms with van der Waals surface area (Å²) in [7, 11) is 3.62. The third-order valence-electron chi connectivity index (χ3n) is 6.54. The largest absolute Gasteiger partial charge is 0.494 e. The molecule has 1 amide bonds. The number of likely N-dealkylation sites (tertiary alicyclic amines) is 2. The first-order chi connectivity index (χ1) is 15.0. The molecule has 4 aliphatic heterocycles. The summed E-state index contributed by atoms with van der Waals surface area (Å²) >= 11 is 0. The van der Waals surface area contributed by atoms with E-state index in [-0.39, 0.29) is 11.7 Å². The van der Waals surface area contributed by atoms with Crippen LogP contribution in [0.15, 0.2) is 72.2 Å². The highest BCUT2D eigenvalue weighted by atomic mass is 19.1. The second kappa shape index (κ2) is 7.85. The van der Waals surface area contributed by atoms with Crippen molar-refractivity contribution >= 4 is 11.5 Å². The summed E-state index contributed by atoms with van der Waals surface area (Å²) in [6.07, 6.45) is 13.2. The van der Waals surface area contributed by atoms with E-state index in [2.05, 4.69) is 22.9 Å². The zero-order chi connectivity index (χ0) is 21.5. The van der Waals surface area contributed by atoms with E-state index in [1.165, 1.54) is 13.2 Å². The Kier molecular flexibility index (Phi) is 5.02. The maximum atomic E-state index is 14.2. The molecule has 160 valence electrons. The smallest absolute Gasteiger partial charge is 0.255 e. The zero-order valence-electron chi connectivity index (χ0n) is 17.8. The van der Waals surface area contributed by atoms with E-state index in [0.717, 1.165) is 37.6 Å². The van der Waals surface area contributed by atoms with Gasteiger partial charge in [-0.25, -0.2) is 4.39 Å². The molecule has 0 saturated carbocycles. The van der Waals surface area contributed by atoms with Crippen LogP contribution >= 0.6 is 0 Å². The van der Waals surface area contributed by atoms with Gasteiger partial charge in [-0.3, -0.25) is 9.69 Å². The van der Waals surface area contributed by atoms with Gasteiger partial charge in [0.1, 0.15) is 0 Å². The van der Waals surface area contributed by atoms with Crippen molar-refractivity contribution in [3.63, 3.8) is 0 Å². The molecule has 4 heterocycles. The van der Waals surface area contributed by atoms with E-state index in [1.807, 2.05) is 30.5 Å². The molecule has 0 aliphatic carbocycles. The average molecular weight is 420 g/mol. The van der Waals surface area contributed by atoms with E-state index in [0.29, 0.717) is 23.0 Å². The SMILES string of the molecule is COc1ccc(C2=C\C(=O)N3C=C(N4C[C@H]5CN(C)C[C@H]5C4)C=C\C3=C/C=C/2)cc1F. The normalized spacial score (nSPS) is 29.9. The molecule has 0 N–H and O–H groups in total. The summed E-state index contributed by atoms with van der Waals surface area (Å²) in [5.41, 5.74) is 3.18. The summed E-state index contributed by atoms with van der Waals surface area (Å²) in [5.74, 6) is 0.969. The summed E-state index contributed by atoms with van der Waals surface area (Å²) in [6.45, 7) is 4.33. The maximum absolute atomic E-state index is 14.2. The number of methoxy groups -OCH3 is 1. The average Bonchev–Trinajstić information content (AvgIpc) is 3.29. The molecular formula is C25H26FN3O2.